The van der Waals surface area contributed by atoms with Crippen molar-refractivity contribution in [3.05, 3.63) is 0 Å². The van der Waals surface area contributed by atoms with Gasteiger partial charge >= 0.3 is 11.9 Å². The van der Waals surface area contributed by atoms with E-state index in [1.54, 1.807) is 0 Å². The number of thioether (sulfide) groups is 1. The molecule has 2 rings (SSSR count). The van der Waals surface area contributed by atoms with Gasteiger partial charge in [0, 0.05) is 24.6 Å². The highest BCUT2D eigenvalue weighted by Gasteiger charge is 2.48. The van der Waals surface area contributed by atoms with Gasteiger partial charge in [-0.05, 0) is 41.5 Å². The van der Waals surface area contributed by atoms with Crippen LogP contribution in [0.1, 0.15) is 41.5 Å². The number of carbonyl (C=O) groups is 2. The van der Waals surface area contributed by atoms with Crippen molar-refractivity contribution in [2.75, 3.05) is 24.6 Å². The Bertz CT molecular complexity index is 466. The summed E-state index contributed by atoms with van der Waals surface area (Å²) in [5.41, 5.74) is -1.12. The second kappa shape index (κ2) is 6.63. The normalized spacial score (nSPS) is 29.0. The lowest BCUT2D eigenvalue weighted by atomic mass is 9.96. The quantitative estimate of drug-likeness (QED) is 0.717. The number of esters is 2. The van der Waals surface area contributed by atoms with Crippen LogP contribution in [0.25, 0.3) is 0 Å². The predicted octanol–water partition coefficient (Wildman–Crippen LogP) is 2.33. The number of fused-ring (bicyclic) bond motifs is 1. The SMILES string of the molecule is CC(C)(C)C(=O)O[C@H]1[C@@H](OC(=O)C(C)(C)C)CN2CCSC[C@@H]12. The Kier molecular flexibility index (Phi) is 5.36. The third-order valence-electron chi connectivity index (χ3n) is 4.17. The molecule has 0 aromatic rings. The van der Waals surface area contributed by atoms with Crippen LogP contribution in [0.3, 0.4) is 0 Å². The van der Waals surface area contributed by atoms with Crippen molar-refractivity contribution in [2.24, 2.45) is 10.8 Å². The second-order valence-electron chi connectivity index (χ2n) is 8.45. The van der Waals surface area contributed by atoms with Gasteiger partial charge in [-0.1, -0.05) is 0 Å². The lowest BCUT2D eigenvalue weighted by Crippen LogP contribution is -2.46. The lowest BCUT2D eigenvalue weighted by molar-refractivity contribution is -0.175. The van der Waals surface area contributed by atoms with E-state index in [4.69, 9.17) is 9.47 Å². The Morgan fingerprint density at radius 1 is 1.00 bits per heavy atom. The molecule has 0 amide bonds. The molecule has 0 bridgehead atoms. The molecule has 3 atom stereocenters. The zero-order valence-electron chi connectivity index (χ0n) is 15.0. The molecule has 0 aromatic carbocycles. The van der Waals surface area contributed by atoms with Gasteiger partial charge in [0.1, 0.15) is 0 Å². The van der Waals surface area contributed by atoms with Crippen LogP contribution in [0.2, 0.25) is 0 Å². The minimum Gasteiger partial charge on any atom is -0.457 e. The minimum absolute atomic E-state index is 0.137. The molecule has 0 aromatic heterocycles. The molecule has 2 aliphatic heterocycles. The number of carbonyl (C=O) groups excluding carboxylic acids is 2. The van der Waals surface area contributed by atoms with Gasteiger partial charge in [0.05, 0.1) is 16.9 Å². The van der Waals surface area contributed by atoms with Gasteiger partial charge in [0.2, 0.25) is 0 Å². The van der Waals surface area contributed by atoms with Crippen LogP contribution in [0.4, 0.5) is 0 Å². The summed E-state index contributed by atoms with van der Waals surface area (Å²) in [5.74, 6) is 1.49. The third-order valence-corrected chi connectivity index (χ3v) is 5.22. The van der Waals surface area contributed by atoms with Crippen molar-refractivity contribution >= 4 is 23.7 Å². The van der Waals surface area contributed by atoms with E-state index in [1.807, 2.05) is 53.3 Å². The third kappa shape index (κ3) is 4.41. The summed E-state index contributed by atoms with van der Waals surface area (Å²) in [4.78, 5) is 26.9. The predicted molar refractivity (Wildman–Crippen MR) is 91.4 cm³/mol. The standard InChI is InChI=1S/C17H29NO4S/c1-16(2,3)14(19)21-12-9-18-7-8-23-10-11(18)13(12)22-15(20)17(4,5)6/h11-13H,7-10H2,1-6H3/t11-,12-,13+/m0/s1. The van der Waals surface area contributed by atoms with Crippen LogP contribution in [-0.4, -0.2) is 59.7 Å². The van der Waals surface area contributed by atoms with Gasteiger partial charge in [-0.3, -0.25) is 14.5 Å². The molecule has 2 saturated heterocycles. The fourth-order valence-electron chi connectivity index (χ4n) is 2.64. The maximum Gasteiger partial charge on any atom is 0.311 e. The maximum atomic E-state index is 12.3. The summed E-state index contributed by atoms with van der Waals surface area (Å²) >= 11 is 1.86. The summed E-state index contributed by atoms with van der Waals surface area (Å²) < 4.78 is 11.5. The van der Waals surface area contributed by atoms with Crippen molar-refractivity contribution < 1.29 is 19.1 Å². The Hall–Kier alpha value is -0.750. The number of hydrogen-bond donors (Lipinski definition) is 0. The van der Waals surface area contributed by atoms with E-state index < -0.39 is 10.8 Å². The van der Waals surface area contributed by atoms with Gasteiger partial charge in [0.25, 0.3) is 0 Å². The van der Waals surface area contributed by atoms with Crippen molar-refractivity contribution in [3.63, 3.8) is 0 Å². The molecule has 5 nitrogen and oxygen atoms in total. The number of nitrogens with zero attached hydrogens (tertiary/aromatic N) is 1. The van der Waals surface area contributed by atoms with Crippen molar-refractivity contribution in [2.45, 2.75) is 59.8 Å². The molecular formula is C17H29NO4S. The molecule has 0 saturated carbocycles. The summed E-state index contributed by atoms with van der Waals surface area (Å²) in [6.45, 7) is 12.6. The van der Waals surface area contributed by atoms with Crippen LogP contribution in [0.5, 0.6) is 0 Å². The highest BCUT2D eigenvalue weighted by atomic mass is 32.2. The molecule has 0 spiro atoms. The van der Waals surface area contributed by atoms with Crippen LogP contribution in [0, 0.1) is 10.8 Å². The number of hydrogen-bond acceptors (Lipinski definition) is 6. The topological polar surface area (TPSA) is 55.8 Å². The first-order valence-corrected chi connectivity index (χ1v) is 9.39. The van der Waals surface area contributed by atoms with Gasteiger partial charge in [-0.2, -0.15) is 11.8 Å². The van der Waals surface area contributed by atoms with E-state index in [0.717, 1.165) is 18.1 Å². The largest absolute Gasteiger partial charge is 0.457 e. The Balaban J connectivity index is 2.14. The van der Waals surface area contributed by atoms with Crippen molar-refractivity contribution in [1.82, 2.24) is 4.90 Å². The van der Waals surface area contributed by atoms with Crippen molar-refractivity contribution in [3.8, 4) is 0 Å². The molecule has 6 heteroatoms. The van der Waals surface area contributed by atoms with Gasteiger partial charge < -0.3 is 9.47 Å². The van der Waals surface area contributed by atoms with E-state index in [2.05, 4.69) is 4.90 Å². The van der Waals surface area contributed by atoms with E-state index in [0.29, 0.717) is 6.54 Å². The molecule has 0 unspecified atom stereocenters. The van der Waals surface area contributed by atoms with Gasteiger partial charge in [-0.25, -0.2) is 0 Å². The van der Waals surface area contributed by atoms with Crippen LogP contribution < -0.4 is 0 Å². The monoisotopic (exact) mass is 343 g/mol. The number of ether oxygens (including phenoxy) is 2. The maximum absolute atomic E-state index is 12.3. The van der Waals surface area contributed by atoms with E-state index in [9.17, 15) is 9.59 Å². The fourth-order valence-corrected chi connectivity index (χ4v) is 3.81. The summed E-state index contributed by atoms with van der Waals surface area (Å²) in [6.07, 6.45) is -0.752. The highest BCUT2D eigenvalue weighted by Crippen LogP contribution is 2.33. The van der Waals surface area contributed by atoms with E-state index >= 15 is 0 Å². The molecule has 132 valence electrons. The summed E-state index contributed by atoms with van der Waals surface area (Å²) in [6, 6.07) is 0.137. The van der Waals surface area contributed by atoms with E-state index in [1.165, 1.54) is 0 Å². The second-order valence-corrected chi connectivity index (χ2v) is 9.60. The Morgan fingerprint density at radius 3 is 2.13 bits per heavy atom. The van der Waals surface area contributed by atoms with Crippen LogP contribution in [-0.2, 0) is 19.1 Å². The fraction of sp³-hybridized carbons (Fsp3) is 0.882. The minimum atomic E-state index is -0.562. The molecule has 2 aliphatic rings. The van der Waals surface area contributed by atoms with Crippen molar-refractivity contribution in [1.29, 1.82) is 0 Å². The first-order chi connectivity index (χ1) is 10.5. The zero-order chi connectivity index (χ0) is 17.4. The first kappa shape index (κ1) is 18.6. The first-order valence-electron chi connectivity index (χ1n) is 8.24. The average molecular weight is 343 g/mol. The molecule has 0 aliphatic carbocycles. The average Bonchev–Trinajstić information content (AvgIpc) is 2.75. The van der Waals surface area contributed by atoms with Crippen LogP contribution >= 0.6 is 11.8 Å². The summed E-state index contributed by atoms with van der Waals surface area (Å²) in [7, 11) is 0. The van der Waals surface area contributed by atoms with E-state index in [-0.39, 0.29) is 30.2 Å². The lowest BCUT2D eigenvalue weighted by Gasteiger charge is -2.32. The molecule has 0 radical (unpaired) electrons. The molecular weight excluding hydrogens is 314 g/mol. The molecule has 0 N–H and O–H groups in total. The molecule has 2 heterocycles. The molecule has 2 fully saturated rings. The van der Waals surface area contributed by atoms with Gasteiger partial charge in [-0.15, -0.1) is 0 Å². The Labute approximate surface area is 143 Å². The Morgan fingerprint density at radius 2 is 1.57 bits per heavy atom. The van der Waals surface area contributed by atoms with Crippen LogP contribution in [0.15, 0.2) is 0 Å². The highest BCUT2D eigenvalue weighted by molar-refractivity contribution is 7.99. The molecule has 23 heavy (non-hydrogen) atoms. The smallest absolute Gasteiger partial charge is 0.311 e. The summed E-state index contributed by atoms with van der Waals surface area (Å²) in [5, 5.41) is 0. The number of rotatable bonds is 2. The van der Waals surface area contributed by atoms with Gasteiger partial charge in [0.15, 0.2) is 12.2 Å². The zero-order valence-corrected chi connectivity index (χ0v) is 15.9.